The number of amides is 1. The molecule has 9 aliphatic rings. The van der Waals surface area contributed by atoms with Crippen LogP contribution in [0.1, 0.15) is 74.3 Å². The monoisotopic (exact) mass is 1860 g/mol. The van der Waals surface area contributed by atoms with Gasteiger partial charge in [-0.3, -0.25) is 49.0 Å². The first-order valence-electron chi connectivity index (χ1n) is 44.2. The van der Waals surface area contributed by atoms with Crippen molar-refractivity contribution in [2.24, 2.45) is 23.3 Å². The fourth-order valence-corrected chi connectivity index (χ4v) is 19.6. The molecule has 0 aliphatic carbocycles. The molecule has 0 spiro atoms. The third-order valence-electron chi connectivity index (χ3n) is 26.2. The van der Waals surface area contributed by atoms with Crippen LogP contribution >= 0.6 is 0 Å². The molecule has 37 heteroatoms. The first-order chi connectivity index (χ1) is 65.4. The molecule has 0 saturated carbocycles. The van der Waals surface area contributed by atoms with Crippen molar-refractivity contribution >= 4 is 112 Å². The van der Waals surface area contributed by atoms with Crippen molar-refractivity contribution < 1.29 is 64.7 Å². The number of fused-ring (bicyclic) bond motifs is 10. The Hall–Kier alpha value is -16.2. The van der Waals surface area contributed by atoms with E-state index < -0.39 is 44.7 Å². The normalized spacial score (nSPS) is 16.6. The predicted molar refractivity (Wildman–Crippen MR) is 510 cm³/mol. The van der Waals surface area contributed by atoms with E-state index in [-0.39, 0.29) is 118 Å². The van der Waals surface area contributed by atoms with E-state index in [0.29, 0.717) is 192 Å². The van der Waals surface area contributed by atoms with Crippen molar-refractivity contribution in [3.63, 3.8) is 0 Å². The lowest BCUT2D eigenvalue weighted by molar-refractivity contribution is -0.385. The van der Waals surface area contributed by atoms with Gasteiger partial charge >= 0.3 is 0 Å². The number of nitrogens with one attached hydrogen (secondary N) is 1. The van der Waals surface area contributed by atoms with Gasteiger partial charge in [0.1, 0.15) is 50.3 Å². The number of nitro groups is 2. The first kappa shape index (κ1) is 88.7. The minimum atomic E-state index is -1.17. The molecule has 1 amide bonds. The summed E-state index contributed by atoms with van der Waals surface area (Å²) in [5.74, 6) is -1.07. The third kappa shape index (κ3) is 15.0. The molecule has 2 unspecified atom stereocenters. The molecule has 4 fully saturated rings. The minimum absolute atomic E-state index is 0.0148. The molecule has 24 rings (SSSR count). The first-order valence-corrected chi connectivity index (χ1v) is 44.2. The largest absolute Gasteiger partial charge is 0.451 e. The van der Waals surface area contributed by atoms with Gasteiger partial charge in [0.15, 0.2) is 114 Å². The molecule has 31 nitrogen and oxygen atoms in total. The molecule has 0 radical (unpaired) electrons. The van der Waals surface area contributed by atoms with E-state index >= 15 is 17.6 Å². The number of nitrogen functional groups attached to an aromatic ring is 2. The van der Waals surface area contributed by atoms with Crippen molar-refractivity contribution in [3.8, 4) is 85.9 Å². The van der Waals surface area contributed by atoms with Crippen LogP contribution in [0.15, 0.2) is 176 Å². The van der Waals surface area contributed by atoms with E-state index in [1.165, 1.54) is 61.5 Å². The number of benzene rings is 10. The highest BCUT2D eigenvalue weighted by atomic mass is 19.2. The summed E-state index contributed by atoms with van der Waals surface area (Å²) < 4.78 is 128. The van der Waals surface area contributed by atoms with Gasteiger partial charge in [0, 0.05) is 178 Å². The Labute approximate surface area is 772 Å². The summed E-state index contributed by atoms with van der Waals surface area (Å²) in [6, 6.07) is 30.1. The lowest BCUT2D eigenvalue weighted by atomic mass is 10.1. The summed E-state index contributed by atoms with van der Waals surface area (Å²) in [6.45, 7) is 19.1. The number of halogens is 6. The van der Waals surface area contributed by atoms with Crippen molar-refractivity contribution in [1.29, 1.82) is 0 Å². The standard InChI is InChI=1S/C21H18FN3O4.C21H20FN3O2.C20H17FN4O4.C20H19FN4O2.C18H12F2N2O3/c1-11-5-6-23(9-11)19-15(22)8-14-18-21(19)29-17-7-13(25(27)28)3-4-16(17)24(18)10-12(2)20(14)26;1-11-5-6-24(9-11)19-15(22)8-14-18-21(19)27-17-7-13(23)3-4-16(17)25(18)10-12(2)20(14)26;1-10-8-24-15-3-2-12(25(27)28)6-16(15)29-20-17(24)13(19(10)26)7-14(21)18(20)23-5-4-11(22)9-23;1-10-8-25-15-3-2-11(22)6-16(15)27-20-17(25)13(19(10)26)7-14(21)18(20)24-5-4-12(23)9-24;1-8-7-22-13-4-3-10(21-9(2)23)5-14(13)25-18-15(20)12(19)6-11(16(18)22)17(8)24/h3-4,7-8,10-11H,5-6,9H2,1-2H3;3-4,7-8,10-11H,5-6,9,23H2,1-2H3;2-3,6-8,11H,4-5,9,22H2,1H3;2-3,6-8,12H,4-5,9,22-23H2,1H3;3-7H,1-2H3,(H,21,23)/t11-;;11-;;/m0.0../s1. The Morgan fingerprint density at radius 1 is 0.372 bits per heavy atom. The fourth-order valence-electron chi connectivity index (χ4n) is 19.6. The zero-order valence-electron chi connectivity index (χ0n) is 74.8. The third-order valence-corrected chi connectivity index (χ3v) is 26.2. The van der Waals surface area contributed by atoms with E-state index in [0.717, 1.165) is 49.8 Å². The van der Waals surface area contributed by atoms with Gasteiger partial charge in [-0.05, 0) is 151 Å². The SMILES string of the molecule is CC(=O)Nc1ccc2c(c1)Oc1c(F)c(F)cc3c(=O)c(C)cn-2c13.Cc1cn2c3c(c(N4CCC(C)C4)c(F)cc3c1=O)Oc1cc(N)ccc1-2.Cc1cn2c3c(c(N4CCC(N)C4)c(F)cc3c1=O)Oc1cc(N)ccc1-2.Cc1cn2c3c(c(N4CC[C@H](C)C4)c(F)cc3c1=O)Oc1cc([N+](=O)[O-])ccc1-2.Cc1cn2c3c(c(N4CC[C@H](N)C4)c(F)cc3c1=O)Oc1cc([N+](=O)[O-])ccc1-2. The summed E-state index contributed by atoms with van der Waals surface area (Å²) >= 11 is 0. The number of nitrogens with zero attached hydrogens (tertiary/aromatic N) is 11. The van der Waals surface area contributed by atoms with Gasteiger partial charge in [-0.1, -0.05) is 13.8 Å². The molecular weight excluding hydrogens is 1780 g/mol. The van der Waals surface area contributed by atoms with Crippen LogP contribution in [0.3, 0.4) is 0 Å². The zero-order valence-corrected chi connectivity index (χ0v) is 74.8. The van der Waals surface area contributed by atoms with Crippen LogP contribution in [0.2, 0.25) is 0 Å². The quantitative estimate of drug-likeness (QED) is 0.0428. The summed E-state index contributed by atoms with van der Waals surface area (Å²) in [6.07, 6.45) is 11.9. The number of hydrogen-bond donors (Lipinski definition) is 5. The van der Waals surface area contributed by atoms with Gasteiger partial charge in [0.05, 0.1) is 77.3 Å². The van der Waals surface area contributed by atoms with Gasteiger partial charge in [-0.2, -0.15) is 4.39 Å². The topological polar surface area (TPSA) is 389 Å². The van der Waals surface area contributed by atoms with E-state index in [9.17, 15) is 57.8 Å². The number of carbonyl (C=O) groups excluding carboxylic acids is 1. The molecular formula is C100H86F6N16O15. The molecule has 698 valence electrons. The molecule has 4 atom stereocenters. The number of rotatable bonds is 7. The van der Waals surface area contributed by atoms with Crippen LogP contribution in [0.5, 0.6) is 57.5 Å². The number of aryl methyl sites for hydroxylation is 5. The maximum Gasteiger partial charge on any atom is 0.273 e. The molecule has 15 aromatic rings. The molecule has 10 aromatic carbocycles. The van der Waals surface area contributed by atoms with Crippen LogP contribution in [-0.4, -0.2) is 103 Å². The molecule has 0 bridgehead atoms. The fraction of sp³-hybridized carbons (Fsp3) is 0.240. The number of pyridine rings is 5. The van der Waals surface area contributed by atoms with E-state index in [4.69, 9.17) is 46.6 Å². The maximum atomic E-state index is 15.2. The summed E-state index contributed by atoms with van der Waals surface area (Å²) in [5, 5.41) is 26.2. The van der Waals surface area contributed by atoms with E-state index in [1.54, 1.807) is 133 Å². The van der Waals surface area contributed by atoms with Gasteiger partial charge in [0.2, 0.25) is 11.7 Å². The summed E-state index contributed by atoms with van der Waals surface area (Å²) in [7, 11) is 0. The van der Waals surface area contributed by atoms with Gasteiger partial charge < -0.3 is 94.4 Å². The average molecular weight is 1870 g/mol. The second-order valence-corrected chi connectivity index (χ2v) is 36.0. The van der Waals surface area contributed by atoms with Gasteiger partial charge in [-0.25, -0.2) is 22.0 Å². The van der Waals surface area contributed by atoms with Crippen molar-refractivity contribution in [1.82, 2.24) is 22.8 Å². The Morgan fingerprint density at radius 2 is 0.642 bits per heavy atom. The number of aromatic nitrogens is 5. The van der Waals surface area contributed by atoms with Gasteiger partial charge in [-0.15, -0.1) is 0 Å². The van der Waals surface area contributed by atoms with Crippen LogP contribution in [0.4, 0.5) is 77.5 Å². The highest BCUT2D eigenvalue weighted by molar-refractivity contribution is 6.00. The summed E-state index contributed by atoms with van der Waals surface area (Å²) in [4.78, 5) is 103. The van der Waals surface area contributed by atoms with Crippen molar-refractivity contribution in [2.75, 3.05) is 88.7 Å². The summed E-state index contributed by atoms with van der Waals surface area (Å²) in [5.41, 5.74) is 33.1. The Bertz CT molecular complexity index is 7820. The number of nitro benzene ring substituents is 2. The van der Waals surface area contributed by atoms with Crippen molar-refractivity contribution in [3.05, 3.63) is 286 Å². The number of carbonyl (C=O) groups is 1. The van der Waals surface area contributed by atoms with Crippen LogP contribution in [-0.2, 0) is 4.79 Å². The second kappa shape index (κ2) is 33.5. The van der Waals surface area contributed by atoms with Crippen LogP contribution in [0, 0.1) is 102 Å². The van der Waals surface area contributed by atoms with Crippen molar-refractivity contribution in [2.45, 2.75) is 93.2 Å². The highest BCUT2D eigenvalue weighted by Gasteiger charge is 2.40. The van der Waals surface area contributed by atoms with Crippen LogP contribution < -0.4 is 98.7 Å². The average Bonchev–Trinajstić information content (AvgIpc) is 1.51. The number of nitrogens with two attached hydrogens (primary N) is 4. The maximum absolute atomic E-state index is 15.2. The highest BCUT2D eigenvalue weighted by Crippen LogP contribution is 2.54. The smallest absolute Gasteiger partial charge is 0.273 e. The minimum Gasteiger partial charge on any atom is -0.451 e. The number of hydrogen-bond acceptors (Lipinski definition) is 23. The van der Waals surface area contributed by atoms with E-state index in [1.807, 2.05) is 36.0 Å². The number of anilines is 7. The molecule has 9 N–H and O–H groups in total. The van der Waals surface area contributed by atoms with Crippen LogP contribution in [0.25, 0.3) is 83.0 Å². The lowest BCUT2D eigenvalue weighted by Crippen LogP contribution is -2.28. The second-order valence-electron chi connectivity index (χ2n) is 36.0. The molecule has 9 aliphatic heterocycles. The predicted octanol–water partition coefficient (Wildman–Crippen LogP) is 17.6. The molecule has 4 saturated heterocycles. The Kier molecular flexibility index (Phi) is 21.7. The Balaban J connectivity index is 0.000000106. The lowest BCUT2D eigenvalue weighted by Gasteiger charge is -2.29. The van der Waals surface area contributed by atoms with Gasteiger partial charge in [0.25, 0.3) is 11.4 Å². The van der Waals surface area contributed by atoms with E-state index in [2.05, 4.69) is 19.2 Å². The zero-order chi connectivity index (χ0) is 96.5. The molecule has 137 heavy (non-hydrogen) atoms. The number of ether oxygens (including phenoxy) is 5. The molecule has 14 heterocycles. The Morgan fingerprint density at radius 3 is 0.934 bits per heavy atom. The molecule has 5 aromatic heterocycles. The number of non-ortho nitro benzene ring substituents is 2.